The Balaban J connectivity index is 2.20. The summed E-state index contributed by atoms with van der Waals surface area (Å²) in [6, 6.07) is 0.429. The Morgan fingerprint density at radius 3 is 2.93 bits per heavy atom. The average Bonchev–Trinajstić information content (AvgIpc) is 2.63. The maximum absolute atomic E-state index is 5.10. The van der Waals surface area contributed by atoms with Crippen molar-refractivity contribution >= 4 is 0 Å². The first kappa shape index (κ1) is 12.1. The van der Waals surface area contributed by atoms with Crippen molar-refractivity contribution in [3.8, 4) is 0 Å². The monoisotopic (exact) mass is 212 g/mol. The summed E-state index contributed by atoms with van der Waals surface area (Å²) >= 11 is 0. The molecule has 1 aromatic rings. The van der Waals surface area contributed by atoms with E-state index in [2.05, 4.69) is 22.3 Å². The Bertz CT molecular complexity index is 274. The van der Waals surface area contributed by atoms with Gasteiger partial charge in [0.1, 0.15) is 6.33 Å². The van der Waals surface area contributed by atoms with Crippen molar-refractivity contribution in [1.29, 1.82) is 0 Å². The van der Waals surface area contributed by atoms with E-state index in [1.54, 1.807) is 18.1 Å². The summed E-state index contributed by atoms with van der Waals surface area (Å²) in [5.74, 6) is 0.886. The molecule has 0 aliphatic heterocycles. The van der Waals surface area contributed by atoms with Crippen LogP contribution in [-0.2, 0) is 18.2 Å². The minimum absolute atomic E-state index is 0.429. The Hall–Kier alpha value is -0.940. The molecule has 0 aromatic carbocycles. The van der Waals surface area contributed by atoms with E-state index >= 15 is 0 Å². The Morgan fingerprint density at radius 1 is 1.60 bits per heavy atom. The van der Waals surface area contributed by atoms with Gasteiger partial charge in [0.25, 0.3) is 0 Å². The highest BCUT2D eigenvalue weighted by atomic mass is 16.5. The van der Waals surface area contributed by atoms with Crippen LogP contribution in [0.2, 0.25) is 0 Å². The molecule has 1 atom stereocenters. The van der Waals surface area contributed by atoms with Crippen molar-refractivity contribution in [3.05, 3.63) is 12.2 Å². The van der Waals surface area contributed by atoms with E-state index in [9.17, 15) is 0 Å². The molecule has 0 aliphatic rings. The van der Waals surface area contributed by atoms with Crippen LogP contribution in [0.15, 0.2) is 6.33 Å². The second kappa shape index (κ2) is 6.53. The normalized spacial score (nSPS) is 13.0. The lowest BCUT2D eigenvalue weighted by Gasteiger charge is -2.14. The molecule has 0 aliphatic carbocycles. The van der Waals surface area contributed by atoms with E-state index < -0.39 is 0 Å². The van der Waals surface area contributed by atoms with Gasteiger partial charge in [-0.15, -0.1) is 0 Å². The predicted octanol–water partition coefficient (Wildman–Crippen LogP) is 0.372. The Kier molecular flexibility index (Phi) is 5.28. The van der Waals surface area contributed by atoms with E-state index in [1.165, 1.54) is 0 Å². The molecule has 1 aromatic heterocycles. The number of ether oxygens (including phenoxy) is 1. The third kappa shape index (κ3) is 4.40. The summed E-state index contributed by atoms with van der Waals surface area (Å²) < 4.78 is 6.83. The zero-order chi connectivity index (χ0) is 11.1. The second-order valence-corrected chi connectivity index (χ2v) is 3.60. The van der Waals surface area contributed by atoms with Crippen LogP contribution in [0.25, 0.3) is 0 Å². The lowest BCUT2D eigenvalue weighted by atomic mass is 10.2. The topological polar surface area (TPSA) is 52.0 Å². The highest BCUT2D eigenvalue weighted by molar-refractivity contribution is 4.82. The molecular weight excluding hydrogens is 192 g/mol. The lowest BCUT2D eigenvalue weighted by Crippen LogP contribution is -2.34. The van der Waals surface area contributed by atoms with Crippen molar-refractivity contribution in [2.75, 3.05) is 20.3 Å². The van der Waals surface area contributed by atoms with Crippen LogP contribution in [-0.4, -0.2) is 41.1 Å². The first-order valence-corrected chi connectivity index (χ1v) is 5.33. The molecule has 1 heterocycles. The number of methoxy groups -OCH3 is 1. The van der Waals surface area contributed by atoms with Gasteiger partial charge >= 0.3 is 0 Å². The van der Waals surface area contributed by atoms with Crippen LogP contribution >= 0.6 is 0 Å². The molecule has 0 saturated heterocycles. The molecule has 1 rings (SSSR count). The molecule has 5 heteroatoms. The fraction of sp³-hybridized carbons (Fsp3) is 0.800. The largest absolute Gasteiger partial charge is 0.383 e. The lowest BCUT2D eigenvalue weighted by molar-refractivity contribution is 0.164. The van der Waals surface area contributed by atoms with Crippen LogP contribution in [0.5, 0.6) is 0 Å². The highest BCUT2D eigenvalue weighted by Gasteiger charge is 2.05. The molecule has 1 N–H and O–H groups in total. The number of hydrogen-bond acceptors (Lipinski definition) is 4. The Labute approximate surface area is 90.8 Å². The number of nitrogens with one attached hydrogen (secondary N) is 1. The number of hydrogen-bond donors (Lipinski definition) is 1. The fourth-order valence-electron chi connectivity index (χ4n) is 1.41. The molecular formula is C10H20N4O. The van der Waals surface area contributed by atoms with Gasteiger partial charge in [-0.05, 0) is 6.42 Å². The molecule has 0 saturated carbocycles. The molecule has 0 spiro atoms. The van der Waals surface area contributed by atoms with Crippen LogP contribution in [0.1, 0.15) is 19.2 Å². The van der Waals surface area contributed by atoms with Gasteiger partial charge in [-0.1, -0.05) is 6.92 Å². The fourth-order valence-corrected chi connectivity index (χ4v) is 1.41. The predicted molar refractivity (Wildman–Crippen MR) is 58.7 cm³/mol. The summed E-state index contributed by atoms with van der Waals surface area (Å²) in [7, 11) is 3.61. The van der Waals surface area contributed by atoms with Crippen molar-refractivity contribution in [2.45, 2.75) is 25.8 Å². The van der Waals surface area contributed by atoms with Crippen LogP contribution in [0.3, 0.4) is 0 Å². The molecule has 0 amide bonds. The van der Waals surface area contributed by atoms with Gasteiger partial charge in [-0.25, -0.2) is 4.98 Å². The second-order valence-electron chi connectivity index (χ2n) is 3.60. The first-order valence-electron chi connectivity index (χ1n) is 5.33. The number of rotatable bonds is 7. The summed E-state index contributed by atoms with van der Waals surface area (Å²) in [6.45, 7) is 3.80. The third-order valence-corrected chi connectivity index (χ3v) is 2.29. The quantitative estimate of drug-likeness (QED) is 0.709. The summed E-state index contributed by atoms with van der Waals surface area (Å²) in [6.07, 6.45) is 3.66. The van der Waals surface area contributed by atoms with Crippen molar-refractivity contribution < 1.29 is 4.74 Å². The van der Waals surface area contributed by atoms with Crippen molar-refractivity contribution in [2.24, 2.45) is 7.05 Å². The number of nitrogens with zero attached hydrogens (tertiary/aromatic N) is 3. The van der Waals surface area contributed by atoms with Crippen molar-refractivity contribution in [1.82, 2.24) is 20.1 Å². The molecule has 5 nitrogen and oxygen atoms in total. The molecule has 1 unspecified atom stereocenters. The van der Waals surface area contributed by atoms with Crippen LogP contribution in [0.4, 0.5) is 0 Å². The molecule has 0 radical (unpaired) electrons. The molecule has 15 heavy (non-hydrogen) atoms. The van der Waals surface area contributed by atoms with E-state index in [4.69, 9.17) is 4.74 Å². The molecule has 0 bridgehead atoms. The zero-order valence-electron chi connectivity index (χ0n) is 9.73. The summed E-state index contributed by atoms with van der Waals surface area (Å²) in [5, 5.41) is 7.63. The maximum Gasteiger partial charge on any atom is 0.151 e. The van der Waals surface area contributed by atoms with E-state index in [-0.39, 0.29) is 0 Å². The van der Waals surface area contributed by atoms with Crippen molar-refractivity contribution in [3.63, 3.8) is 0 Å². The third-order valence-electron chi connectivity index (χ3n) is 2.29. The van der Waals surface area contributed by atoms with Gasteiger partial charge in [0.2, 0.25) is 0 Å². The summed E-state index contributed by atoms with van der Waals surface area (Å²) in [4.78, 5) is 4.17. The SMILES string of the molecule is CCC(COC)NCCc1ncn(C)n1. The smallest absolute Gasteiger partial charge is 0.151 e. The number of aryl methyl sites for hydroxylation is 1. The van der Waals surface area contributed by atoms with Gasteiger partial charge in [-0.2, -0.15) is 5.10 Å². The minimum Gasteiger partial charge on any atom is -0.383 e. The van der Waals surface area contributed by atoms with Gasteiger partial charge in [0.05, 0.1) is 6.61 Å². The standard InChI is InChI=1S/C10H20N4O/c1-4-9(7-15-3)11-6-5-10-12-8-14(2)13-10/h8-9,11H,4-7H2,1-3H3. The van der Waals surface area contributed by atoms with Gasteiger partial charge in [0, 0.05) is 33.2 Å². The average molecular weight is 212 g/mol. The van der Waals surface area contributed by atoms with E-state index in [0.29, 0.717) is 6.04 Å². The van der Waals surface area contributed by atoms with E-state index in [0.717, 1.165) is 31.8 Å². The molecule has 86 valence electrons. The number of aromatic nitrogens is 3. The molecule has 0 fully saturated rings. The first-order chi connectivity index (χ1) is 7.26. The Morgan fingerprint density at radius 2 is 2.40 bits per heavy atom. The van der Waals surface area contributed by atoms with Crippen LogP contribution in [0, 0.1) is 0 Å². The van der Waals surface area contributed by atoms with Gasteiger partial charge < -0.3 is 10.1 Å². The summed E-state index contributed by atoms with van der Waals surface area (Å²) in [5.41, 5.74) is 0. The van der Waals surface area contributed by atoms with Crippen LogP contribution < -0.4 is 5.32 Å². The van der Waals surface area contributed by atoms with Gasteiger partial charge in [-0.3, -0.25) is 4.68 Å². The minimum atomic E-state index is 0.429. The van der Waals surface area contributed by atoms with E-state index in [1.807, 2.05) is 7.05 Å². The maximum atomic E-state index is 5.10. The van der Waals surface area contributed by atoms with Gasteiger partial charge in [0.15, 0.2) is 5.82 Å². The zero-order valence-corrected chi connectivity index (χ0v) is 9.73. The highest BCUT2D eigenvalue weighted by Crippen LogP contribution is 1.93.